The number of halogens is 1. The van der Waals surface area contributed by atoms with E-state index >= 15 is 0 Å². The highest BCUT2D eigenvalue weighted by atomic mass is 79.9. The molecule has 1 heterocycles. The van der Waals surface area contributed by atoms with E-state index < -0.39 is 0 Å². The fourth-order valence-electron chi connectivity index (χ4n) is 1.34. The highest BCUT2D eigenvalue weighted by Crippen LogP contribution is 2.27. The number of hydrogen-bond acceptors (Lipinski definition) is 5. The Hall–Kier alpha value is -1.63. The zero-order chi connectivity index (χ0) is 12.3. The molecule has 6 nitrogen and oxygen atoms in total. The SMILES string of the molecule is COc1cc(NCc2nnn(C)n2)ccc1Br. The number of ether oxygens (including phenoxy) is 1. The third-order valence-corrected chi connectivity index (χ3v) is 2.81. The predicted molar refractivity (Wildman–Crippen MR) is 66.8 cm³/mol. The molecule has 17 heavy (non-hydrogen) atoms. The summed E-state index contributed by atoms with van der Waals surface area (Å²) < 4.78 is 6.13. The first-order valence-corrected chi connectivity index (χ1v) is 5.78. The molecule has 0 saturated heterocycles. The number of rotatable bonds is 4. The van der Waals surface area contributed by atoms with Crippen molar-refractivity contribution in [2.45, 2.75) is 6.54 Å². The van der Waals surface area contributed by atoms with Crippen LogP contribution in [-0.4, -0.2) is 27.3 Å². The summed E-state index contributed by atoms with van der Waals surface area (Å²) in [4.78, 5) is 1.43. The summed E-state index contributed by atoms with van der Waals surface area (Å²) in [5, 5.41) is 14.9. The number of aryl methyl sites for hydroxylation is 1. The number of tetrazole rings is 1. The van der Waals surface area contributed by atoms with Crippen molar-refractivity contribution in [3.8, 4) is 5.75 Å². The zero-order valence-corrected chi connectivity index (χ0v) is 11.1. The molecular formula is C10H12BrN5O. The Bertz CT molecular complexity index is 513. The van der Waals surface area contributed by atoms with Gasteiger partial charge < -0.3 is 10.1 Å². The lowest BCUT2D eigenvalue weighted by Crippen LogP contribution is -2.02. The first-order valence-electron chi connectivity index (χ1n) is 4.99. The van der Waals surface area contributed by atoms with E-state index in [4.69, 9.17) is 4.74 Å². The Morgan fingerprint density at radius 1 is 1.47 bits per heavy atom. The second-order valence-corrected chi connectivity index (χ2v) is 4.25. The fraction of sp³-hybridized carbons (Fsp3) is 0.300. The molecule has 0 amide bonds. The molecule has 1 aromatic carbocycles. The van der Waals surface area contributed by atoms with Gasteiger partial charge in [-0.25, -0.2) is 0 Å². The highest BCUT2D eigenvalue weighted by Gasteiger charge is 2.03. The van der Waals surface area contributed by atoms with E-state index in [-0.39, 0.29) is 0 Å². The number of methoxy groups -OCH3 is 1. The summed E-state index contributed by atoms with van der Waals surface area (Å²) in [7, 11) is 3.37. The van der Waals surface area contributed by atoms with Crippen molar-refractivity contribution < 1.29 is 4.74 Å². The summed E-state index contributed by atoms with van der Waals surface area (Å²) in [5.41, 5.74) is 0.942. The molecule has 0 bridgehead atoms. The van der Waals surface area contributed by atoms with E-state index in [2.05, 4.69) is 36.7 Å². The van der Waals surface area contributed by atoms with Crippen molar-refractivity contribution >= 4 is 21.6 Å². The summed E-state index contributed by atoms with van der Waals surface area (Å²) in [6.45, 7) is 0.526. The minimum Gasteiger partial charge on any atom is -0.495 e. The molecule has 0 saturated carbocycles. The molecule has 0 aliphatic carbocycles. The maximum Gasteiger partial charge on any atom is 0.193 e. The molecule has 90 valence electrons. The second kappa shape index (κ2) is 5.13. The standard InChI is InChI=1S/C10H12BrN5O/c1-16-14-10(13-15-16)6-12-7-3-4-8(11)9(5-7)17-2/h3-5,12H,6H2,1-2H3. The lowest BCUT2D eigenvalue weighted by atomic mass is 10.3. The van der Waals surface area contributed by atoms with Crippen molar-refractivity contribution in [2.24, 2.45) is 7.05 Å². The number of aromatic nitrogens is 4. The van der Waals surface area contributed by atoms with Crippen molar-refractivity contribution in [1.82, 2.24) is 20.2 Å². The summed E-state index contributed by atoms with van der Waals surface area (Å²) in [5.74, 6) is 1.43. The quantitative estimate of drug-likeness (QED) is 0.928. The van der Waals surface area contributed by atoms with E-state index in [9.17, 15) is 0 Å². The Morgan fingerprint density at radius 3 is 2.94 bits per heavy atom. The van der Waals surface area contributed by atoms with Crippen LogP contribution in [-0.2, 0) is 13.6 Å². The van der Waals surface area contributed by atoms with Crippen LogP contribution in [0, 0.1) is 0 Å². The third-order valence-electron chi connectivity index (χ3n) is 2.15. The van der Waals surface area contributed by atoms with Gasteiger partial charge in [0.05, 0.1) is 25.2 Å². The Kier molecular flexibility index (Phi) is 3.58. The molecule has 1 aromatic heterocycles. The minimum atomic E-state index is 0.526. The molecule has 2 rings (SSSR count). The van der Waals surface area contributed by atoms with Gasteiger partial charge in [-0.3, -0.25) is 0 Å². The molecule has 0 radical (unpaired) electrons. The molecular weight excluding hydrogens is 286 g/mol. The Morgan fingerprint density at radius 2 is 2.29 bits per heavy atom. The number of hydrogen-bond donors (Lipinski definition) is 1. The van der Waals surface area contributed by atoms with Crippen LogP contribution < -0.4 is 10.1 Å². The largest absolute Gasteiger partial charge is 0.495 e. The lowest BCUT2D eigenvalue weighted by Gasteiger charge is -2.07. The van der Waals surface area contributed by atoms with Crippen LogP contribution in [0.1, 0.15) is 5.82 Å². The van der Waals surface area contributed by atoms with Gasteiger partial charge in [-0.15, -0.1) is 10.2 Å². The molecule has 0 aliphatic heterocycles. The smallest absolute Gasteiger partial charge is 0.193 e. The maximum absolute atomic E-state index is 5.21. The number of nitrogens with one attached hydrogen (secondary N) is 1. The van der Waals surface area contributed by atoms with Crippen molar-refractivity contribution in [3.05, 3.63) is 28.5 Å². The van der Waals surface area contributed by atoms with E-state index in [0.717, 1.165) is 15.9 Å². The molecule has 1 N–H and O–H groups in total. The van der Waals surface area contributed by atoms with E-state index in [0.29, 0.717) is 12.4 Å². The Balaban J connectivity index is 2.04. The molecule has 2 aromatic rings. The summed E-state index contributed by atoms with van der Waals surface area (Å²) in [6, 6.07) is 5.77. The molecule has 0 spiro atoms. The zero-order valence-electron chi connectivity index (χ0n) is 9.51. The normalized spacial score (nSPS) is 10.3. The first kappa shape index (κ1) is 11.8. The van der Waals surface area contributed by atoms with Gasteiger partial charge in [-0.05, 0) is 33.3 Å². The van der Waals surface area contributed by atoms with Crippen LogP contribution in [0.4, 0.5) is 5.69 Å². The van der Waals surface area contributed by atoms with Crippen LogP contribution >= 0.6 is 15.9 Å². The van der Waals surface area contributed by atoms with E-state index in [1.165, 1.54) is 4.80 Å². The topological polar surface area (TPSA) is 64.9 Å². The molecule has 0 aliphatic rings. The summed E-state index contributed by atoms with van der Waals surface area (Å²) in [6.07, 6.45) is 0. The molecule has 0 fully saturated rings. The monoisotopic (exact) mass is 297 g/mol. The molecule has 7 heteroatoms. The average Bonchev–Trinajstić information content (AvgIpc) is 2.74. The predicted octanol–water partition coefficient (Wildman–Crippen LogP) is 1.59. The average molecular weight is 298 g/mol. The lowest BCUT2D eigenvalue weighted by molar-refractivity contribution is 0.412. The van der Waals surface area contributed by atoms with Crippen LogP contribution in [0.5, 0.6) is 5.75 Å². The van der Waals surface area contributed by atoms with Gasteiger partial charge in [0.15, 0.2) is 5.82 Å². The van der Waals surface area contributed by atoms with Crippen LogP contribution in [0.2, 0.25) is 0 Å². The van der Waals surface area contributed by atoms with Crippen molar-refractivity contribution in [2.75, 3.05) is 12.4 Å². The van der Waals surface area contributed by atoms with Gasteiger partial charge in [-0.2, -0.15) is 4.80 Å². The van der Waals surface area contributed by atoms with Gasteiger partial charge in [-0.1, -0.05) is 0 Å². The number of nitrogens with zero attached hydrogens (tertiary/aromatic N) is 4. The van der Waals surface area contributed by atoms with Gasteiger partial charge >= 0.3 is 0 Å². The third kappa shape index (κ3) is 2.94. The van der Waals surface area contributed by atoms with Gasteiger partial charge in [0.1, 0.15) is 5.75 Å². The van der Waals surface area contributed by atoms with Gasteiger partial charge in [0.2, 0.25) is 0 Å². The highest BCUT2D eigenvalue weighted by molar-refractivity contribution is 9.10. The first-order chi connectivity index (χ1) is 8.19. The number of anilines is 1. The fourth-order valence-corrected chi connectivity index (χ4v) is 1.75. The number of benzene rings is 1. The van der Waals surface area contributed by atoms with Gasteiger partial charge in [0, 0.05) is 11.8 Å². The van der Waals surface area contributed by atoms with E-state index in [1.807, 2.05) is 18.2 Å². The van der Waals surface area contributed by atoms with E-state index in [1.54, 1.807) is 14.2 Å². The molecule has 0 unspecified atom stereocenters. The van der Waals surface area contributed by atoms with Crippen molar-refractivity contribution in [1.29, 1.82) is 0 Å². The maximum atomic E-state index is 5.21. The van der Waals surface area contributed by atoms with Crippen LogP contribution in [0.25, 0.3) is 0 Å². The second-order valence-electron chi connectivity index (χ2n) is 3.40. The summed E-state index contributed by atoms with van der Waals surface area (Å²) >= 11 is 3.40. The van der Waals surface area contributed by atoms with Crippen LogP contribution in [0.15, 0.2) is 22.7 Å². The minimum absolute atomic E-state index is 0.526. The Labute approximate surface area is 107 Å². The van der Waals surface area contributed by atoms with Crippen molar-refractivity contribution in [3.63, 3.8) is 0 Å². The van der Waals surface area contributed by atoms with Gasteiger partial charge in [0.25, 0.3) is 0 Å². The van der Waals surface area contributed by atoms with Crippen LogP contribution in [0.3, 0.4) is 0 Å². The molecule has 0 atom stereocenters.